The van der Waals surface area contributed by atoms with Crippen molar-refractivity contribution in [1.29, 1.82) is 0 Å². The number of para-hydroxylation sites is 1. The van der Waals surface area contributed by atoms with E-state index in [0.717, 1.165) is 18.3 Å². The van der Waals surface area contributed by atoms with E-state index >= 15 is 0 Å². The first-order chi connectivity index (χ1) is 6.83. The number of ether oxygens (including phenoxy) is 1. The molecule has 0 amide bonds. The summed E-state index contributed by atoms with van der Waals surface area (Å²) in [6.07, 6.45) is 5.97. The van der Waals surface area contributed by atoms with Crippen molar-refractivity contribution in [3.63, 3.8) is 0 Å². The molecule has 0 saturated heterocycles. The van der Waals surface area contributed by atoms with Gasteiger partial charge in [0.1, 0.15) is 11.9 Å². The predicted octanol–water partition coefficient (Wildman–Crippen LogP) is 4.20. The molecule has 14 heavy (non-hydrogen) atoms. The van der Waals surface area contributed by atoms with Crippen molar-refractivity contribution in [2.24, 2.45) is 0 Å². The first kappa shape index (κ1) is 11.1. The number of hydrogen-bond donors (Lipinski definition) is 0. The van der Waals surface area contributed by atoms with Crippen LogP contribution in [0.4, 0.5) is 0 Å². The molecule has 0 aliphatic heterocycles. The molecule has 0 heterocycles. The average molecular weight is 191 g/mol. The van der Waals surface area contributed by atoms with Crippen molar-refractivity contribution in [1.82, 2.24) is 0 Å². The van der Waals surface area contributed by atoms with Gasteiger partial charge in [-0.2, -0.15) is 0 Å². The maximum Gasteiger partial charge on any atom is 0.145 e. The third kappa shape index (κ3) is 4.31. The maximum atomic E-state index is 5.68. The zero-order valence-corrected chi connectivity index (χ0v) is 9.12. The highest BCUT2D eigenvalue weighted by Crippen LogP contribution is 2.18. The van der Waals surface area contributed by atoms with Crippen molar-refractivity contribution >= 4 is 0 Å². The molecule has 0 fully saturated rings. The Bertz CT molecular complexity index is 230. The second kappa shape index (κ2) is 6.47. The van der Waals surface area contributed by atoms with Crippen LogP contribution in [0.3, 0.4) is 0 Å². The largest absolute Gasteiger partial charge is 0.483 e. The molecule has 0 aliphatic carbocycles. The van der Waals surface area contributed by atoms with E-state index in [1.165, 1.54) is 19.3 Å². The van der Waals surface area contributed by atoms with Gasteiger partial charge >= 0.3 is 0 Å². The molecule has 1 rings (SSSR count). The summed E-state index contributed by atoms with van der Waals surface area (Å²) in [6.45, 7) is 4.27. The molecular formula is C13H19O. The fourth-order valence-electron chi connectivity index (χ4n) is 1.36. The summed E-state index contributed by atoms with van der Waals surface area (Å²) < 4.78 is 5.68. The van der Waals surface area contributed by atoms with Gasteiger partial charge in [0.05, 0.1) is 0 Å². The van der Waals surface area contributed by atoms with E-state index in [0.29, 0.717) is 0 Å². The van der Waals surface area contributed by atoms with Gasteiger partial charge in [-0.15, -0.1) is 0 Å². The van der Waals surface area contributed by atoms with Gasteiger partial charge in [-0.05, 0) is 31.9 Å². The molecular weight excluding hydrogens is 172 g/mol. The molecule has 0 N–H and O–H groups in total. The van der Waals surface area contributed by atoms with E-state index in [-0.39, 0.29) is 0 Å². The van der Waals surface area contributed by atoms with Gasteiger partial charge in [-0.3, -0.25) is 0 Å². The Morgan fingerprint density at radius 2 is 1.86 bits per heavy atom. The standard InChI is InChI=1S/C13H19O/c1-3-4-6-9-12(2)14-13-10-7-5-8-11-13/h5,7-8,10-11H,3-4,6,9H2,1-2H3. The molecule has 1 aromatic rings. The van der Waals surface area contributed by atoms with Gasteiger partial charge in [-0.25, -0.2) is 0 Å². The van der Waals surface area contributed by atoms with Crippen LogP contribution in [-0.4, -0.2) is 0 Å². The third-order valence-electron chi connectivity index (χ3n) is 2.17. The van der Waals surface area contributed by atoms with Gasteiger partial charge in [0.15, 0.2) is 0 Å². The van der Waals surface area contributed by atoms with E-state index in [2.05, 4.69) is 13.8 Å². The van der Waals surface area contributed by atoms with Crippen LogP contribution in [0, 0.1) is 6.10 Å². The van der Waals surface area contributed by atoms with Gasteiger partial charge < -0.3 is 4.74 Å². The minimum Gasteiger partial charge on any atom is -0.483 e. The summed E-state index contributed by atoms with van der Waals surface area (Å²) in [7, 11) is 0. The SMILES string of the molecule is CCCCC[C](C)Oc1ccccc1. The lowest BCUT2D eigenvalue weighted by molar-refractivity contribution is 0.311. The van der Waals surface area contributed by atoms with Crippen LogP contribution < -0.4 is 4.74 Å². The van der Waals surface area contributed by atoms with Crippen molar-refractivity contribution in [3.05, 3.63) is 36.4 Å². The van der Waals surface area contributed by atoms with Gasteiger partial charge in [-0.1, -0.05) is 38.0 Å². The summed E-state index contributed by atoms with van der Waals surface area (Å²) >= 11 is 0. The highest BCUT2D eigenvalue weighted by molar-refractivity contribution is 5.22. The van der Waals surface area contributed by atoms with Gasteiger partial charge in [0.2, 0.25) is 0 Å². The Morgan fingerprint density at radius 3 is 2.50 bits per heavy atom. The number of benzene rings is 1. The van der Waals surface area contributed by atoms with Crippen LogP contribution in [0.15, 0.2) is 30.3 Å². The molecule has 0 bridgehead atoms. The lowest BCUT2D eigenvalue weighted by Crippen LogP contribution is -2.01. The van der Waals surface area contributed by atoms with Gasteiger partial charge in [0, 0.05) is 0 Å². The first-order valence-electron chi connectivity index (χ1n) is 5.38. The van der Waals surface area contributed by atoms with E-state index in [1.54, 1.807) is 0 Å². The normalized spacial score (nSPS) is 10.5. The van der Waals surface area contributed by atoms with Crippen LogP contribution in [0.1, 0.15) is 39.5 Å². The van der Waals surface area contributed by atoms with Crippen LogP contribution in [0.25, 0.3) is 0 Å². The zero-order chi connectivity index (χ0) is 10.2. The highest BCUT2D eigenvalue weighted by Gasteiger charge is 2.03. The summed E-state index contributed by atoms with van der Waals surface area (Å²) in [4.78, 5) is 0. The van der Waals surface area contributed by atoms with E-state index in [1.807, 2.05) is 30.3 Å². The van der Waals surface area contributed by atoms with Crippen LogP contribution in [0.5, 0.6) is 5.75 Å². The van der Waals surface area contributed by atoms with Crippen molar-refractivity contribution < 1.29 is 4.74 Å². The Morgan fingerprint density at radius 1 is 1.14 bits per heavy atom. The molecule has 0 spiro atoms. The second-order valence-electron chi connectivity index (χ2n) is 3.57. The van der Waals surface area contributed by atoms with Crippen molar-refractivity contribution in [2.45, 2.75) is 39.5 Å². The van der Waals surface area contributed by atoms with Crippen molar-refractivity contribution in [2.75, 3.05) is 0 Å². The van der Waals surface area contributed by atoms with Crippen LogP contribution in [0.2, 0.25) is 0 Å². The molecule has 0 saturated carbocycles. The van der Waals surface area contributed by atoms with Crippen LogP contribution >= 0.6 is 0 Å². The Hall–Kier alpha value is -0.980. The molecule has 1 radical (unpaired) electrons. The molecule has 0 aliphatic rings. The Balaban J connectivity index is 2.23. The van der Waals surface area contributed by atoms with E-state index in [4.69, 9.17) is 4.74 Å². The van der Waals surface area contributed by atoms with Gasteiger partial charge in [0.25, 0.3) is 0 Å². The zero-order valence-electron chi connectivity index (χ0n) is 9.12. The van der Waals surface area contributed by atoms with E-state index in [9.17, 15) is 0 Å². The molecule has 1 heteroatoms. The van der Waals surface area contributed by atoms with E-state index < -0.39 is 0 Å². The summed E-state index contributed by atoms with van der Waals surface area (Å²) in [5.74, 6) is 0.946. The third-order valence-corrected chi connectivity index (χ3v) is 2.17. The number of hydrogen-bond acceptors (Lipinski definition) is 1. The summed E-state index contributed by atoms with van der Waals surface area (Å²) in [6, 6.07) is 9.97. The molecule has 1 nitrogen and oxygen atoms in total. The Kier molecular flexibility index (Phi) is 5.13. The smallest absolute Gasteiger partial charge is 0.145 e. The average Bonchev–Trinajstić information content (AvgIpc) is 2.20. The second-order valence-corrected chi connectivity index (χ2v) is 3.57. The minimum atomic E-state index is 0.946. The molecule has 0 unspecified atom stereocenters. The molecule has 1 aromatic carbocycles. The molecule has 0 atom stereocenters. The summed E-state index contributed by atoms with van der Waals surface area (Å²) in [5, 5.41) is 0. The van der Waals surface area contributed by atoms with Crippen LogP contribution in [-0.2, 0) is 0 Å². The van der Waals surface area contributed by atoms with Crippen molar-refractivity contribution in [3.8, 4) is 5.75 Å². The fraction of sp³-hybridized carbons (Fsp3) is 0.462. The molecule has 77 valence electrons. The fourth-order valence-corrected chi connectivity index (χ4v) is 1.36. The lowest BCUT2D eigenvalue weighted by Gasteiger charge is -2.12. The quantitative estimate of drug-likeness (QED) is 0.612. The molecule has 0 aromatic heterocycles. The monoisotopic (exact) mass is 191 g/mol. The summed E-state index contributed by atoms with van der Waals surface area (Å²) in [5.41, 5.74) is 0. The Labute approximate surface area is 87.1 Å². The lowest BCUT2D eigenvalue weighted by atomic mass is 10.1. The highest BCUT2D eigenvalue weighted by atomic mass is 16.5. The maximum absolute atomic E-state index is 5.68. The number of rotatable bonds is 6. The minimum absolute atomic E-state index is 0.946. The first-order valence-corrected chi connectivity index (χ1v) is 5.38. The predicted molar refractivity (Wildman–Crippen MR) is 60.1 cm³/mol. The number of unbranched alkanes of at least 4 members (excludes halogenated alkanes) is 2. The topological polar surface area (TPSA) is 9.23 Å².